The molecule has 0 aliphatic rings. The second-order valence-corrected chi connectivity index (χ2v) is 8.52. The first-order chi connectivity index (χ1) is 14.0. The monoisotopic (exact) mass is 528 g/mol. The molecule has 2 aromatic carbocycles. The van der Waals surface area contributed by atoms with Crippen LogP contribution in [0.2, 0.25) is 0 Å². The van der Waals surface area contributed by atoms with Gasteiger partial charge < -0.3 is 14.8 Å². The van der Waals surface area contributed by atoms with Gasteiger partial charge in [-0.2, -0.15) is 9.78 Å². The zero-order chi connectivity index (χ0) is 22.2. The van der Waals surface area contributed by atoms with Crippen molar-refractivity contribution in [3.63, 3.8) is 0 Å². The summed E-state index contributed by atoms with van der Waals surface area (Å²) < 4.78 is 26.6. The number of nitrogens with one attached hydrogen (secondary N) is 1. The van der Waals surface area contributed by atoms with Crippen molar-refractivity contribution in [2.75, 3.05) is 12.4 Å². The Balaban J connectivity index is 2.24. The summed E-state index contributed by atoms with van der Waals surface area (Å²) in [7, 11) is 1.26. The fourth-order valence-corrected chi connectivity index (χ4v) is 3.23. The highest BCUT2D eigenvalue weighted by molar-refractivity contribution is 14.1. The Bertz CT molecular complexity index is 1160. The summed E-state index contributed by atoms with van der Waals surface area (Å²) >= 11 is 1.96. The van der Waals surface area contributed by atoms with E-state index in [-0.39, 0.29) is 28.0 Å². The largest absolute Gasteiger partial charge is 0.490 e. The lowest BCUT2D eigenvalue weighted by molar-refractivity contribution is -0.384. The summed E-state index contributed by atoms with van der Waals surface area (Å²) in [5.41, 5.74) is -1.000. The van der Waals surface area contributed by atoms with Crippen LogP contribution in [0, 0.1) is 19.5 Å². The van der Waals surface area contributed by atoms with Gasteiger partial charge in [-0.25, -0.2) is 9.18 Å². The van der Waals surface area contributed by atoms with Crippen molar-refractivity contribution >= 4 is 56.6 Å². The predicted octanol–water partition coefficient (Wildman–Crippen LogP) is 5.22. The van der Waals surface area contributed by atoms with Crippen LogP contribution in [0.1, 0.15) is 20.8 Å². The lowest BCUT2D eigenvalue weighted by Crippen LogP contribution is -2.27. The molecule has 0 bridgehead atoms. The highest BCUT2D eigenvalue weighted by Gasteiger charge is 2.29. The SMILES string of the molecule is COc1cc2c(cnn2C(=O)OC(C)(C)C)c(Nc2ccc(I)cc2F)c1[N+](=O)[O-]. The number of halogens is 2. The Morgan fingerprint density at radius 3 is 2.60 bits per heavy atom. The molecule has 0 atom stereocenters. The van der Waals surface area contributed by atoms with E-state index in [4.69, 9.17) is 9.47 Å². The van der Waals surface area contributed by atoms with Gasteiger partial charge in [0, 0.05) is 9.64 Å². The van der Waals surface area contributed by atoms with Gasteiger partial charge in [-0.15, -0.1) is 0 Å². The molecule has 158 valence electrons. The molecule has 0 unspecified atom stereocenters. The number of carbonyl (C=O) groups excluding carboxylic acids is 1. The molecule has 0 aliphatic carbocycles. The first-order valence-corrected chi connectivity index (χ1v) is 9.78. The van der Waals surface area contributed by atoms with Crippen molar-refractivity contribution in [3.05, 3.63) is 50.0 Å². The minimum atomic E-state index is -0.772. The molecule has 3 rings (SSSR count). The van der Waals surface area contributed by atoms with Crippen LogP contribution in [0.3, 0.4) is 0 Å². The van der Waals surface area contributed by atoms with E-state index in [1.54, 1.807) is 26.8 Å². The maximum atomic E-state index is 14.4. The van der Waals surface area contributed by atoms with Crippen LogP contribution in [0.25, 0.3) is 10.9 Å². The van der Waals surface area contributed by atoms with Crippen molar-refractivity contribution in [2.45, 2.75) is 26.4 Å². The molecule has 0 saturated carbocycles. The molecule has 1 heterocycles. The smallest absolute Gasteiger partial charge is 0.435 e. The fraction of sp³-hybridized carbons (Fsp3) is 0.263. The van der Waals surface area contributed by atoms with Crippen molar-refractivity contribution < 1.29 is 23.6 Å². The minimum absolute atomic E-state index is 0.0260. The Hall–Kier alpha value is -2.96. The quantitative estimate of drug-likeness (QED) is 0.281. The number of nitrogens with zero attached hydrogens (tertiary/aromatic N) is 3. The van der Waals surface area contributed by atoms with Gasteiger partial charge in [0.2, 0.25) is 5.75 Å². The van der Waals surface area contributed by atoms with Gasteiger partial charge in [-0.1, -0.05) is 0 Å². The van der Waals surface area contributed by atoms with Crippen LogP contribution in [0.15, 0.2) is 30.5 Å². The maximum absolute atomic E-state index is 14.4. The lowest BCUT2D eigenvalue weighted by atomic mass is 10.1. The summed E-state index contributed by atoms with van der Waals surface area (Å²) in [6.45, 7) is 5.11. The van der Waals surface area contributed by atoms with E-state index < -0.39 is 28.1 Å². The molecule has 1 N–H and O–H groups in total. The number of nitro groups is 1. The molecule has 1 aromatic heterocycles. The summed E-state index contributed by atoms with van der Waals surface area (Å²) in [6.07, 6.45) is 0.512. The summed E-state index contributed by atoms with van der Waals surface area (Å²) in [4.78, 5) is 23.7. The van der Waals surface area contributed by atoms with Gasteiger partial charge in [-0.3, -0.25) is 10.1 Å². The van der Waals surface area contributed by atoms with Gasteiger partial charge in [0.15, 0.2) is 0 Å². The van der Waals surface area contributed by atoms with Crippen LogP contribution < -0.4 is 10.1 Å². The third kappa shape index (κ3) is 4.30. The summed E-state index contributed by atoms with van der Waals surface area (Å²) in [5, 5.41) is 18.8. The Labute approximate surface area is 184 Å². The number of fused-ring (bicyclic) bond motifs is 1. The van der Waals surface area contributed by atoms with E-state index in [9.17, 15) is 19.3 Å². The summed E-state index contributed by atoms with van der Waals surface area (Å²) in [5.74, 6) is -0.710. The number of hydrogen-bond acceptors (Lipinski definition) is 7. The van der Waals surface area contributed by atoms with Crippen LogP contribution in [0.5, 0.6) is 5.75 Å². The summed E-state index contributed by atoms with van der Waals surface area (Å²) in [6, 6.07) is 5.72. The normalized spacial score (nSPS) is 11.4. The van der Waals surface area contributed by atoms with Crippen LogP contribution in [0.4, 0.5) is 26.2 Å². The molecule has 3 aromatic rings. The van der Waals surface area contributed by atoms with Crippen molar-refractivity contribution in [1.82, 2.24) is 9.78 Å². The lowest BCUT2D eigenvalue weighted by Gasteiger charge is -2.19. The van der Waals surface area contributed by atoms with Crippen LogP contribution in [-0.4, -0.2) is 33.5 Å². The minimum Gasteiger partial charge on any atom is -0.490 e. The maximum Gasteiger partial charge on any atom is 0.435 e. The number of rotatable bonds is 4. The van der Waals surface area contributed by atoms with Gasteiger partial charge in [0.05, 0.1) is 34.8 Å². The Morgan fingerprint density at radius 1 is 1.33 bits per heavy atom. The molecule has 0 spiro atoms. The molecule has 0 saturated heterocycles. The zero-order valence-corrected chi connectivity index (χ0v) is 18.7. The molecular formula is C19H18FIN4O5. The molecule has 11 heteroatoms. The molecular weight excluding hydrogens is 510 g/mol. The molecule has 0 aliphatic heterocycles. The van der Waals surface area contributed by atoms with E-state index in [1.165, 1.54) is 31.5 Å². The molecule has 0 amide bonds. The van der Waals surface area contributed by atoms with E-state index in [0.29, 0.717) is 3.57 Å². The number of hydrogen-bond donors (Lipinski definition) is 1. The van der Waals surface area contributed by atoms with Crippen molar-refractivity contribution in [3.8, 4) is 5.75 Å². The Morgan fingerprint density at radius 2 is 2.03 bits per heavy atom. The Kier molecular flexibility index (Phi) is 5.83. The molecule has 0 fully saturated rings. The topological polar surface area (TPSA) is 109 Å². The average molecular weight is 528 g/mol. The van der Waals surface area contributed by atoms with E-state index in [2.05, 4.69) is 10.4 Å². The number of aromatic nitrogens is 2. The molecule has 9 nitrogen and oxygen atoms in total. The predicted molar refractivity (Wildman–Crippen MR) is 117 cm³/mol. The first-order valence-electron chi connectivity index (χ1n) is 8.70. The highest BCUT2D eigenvalue weighted by Crippen LogP contribution is 2.43. The van der Waals surface area contributed by atoms with Gasteiger partial charge in [0.25, 0.3) is 0 Å². The average Bonchev–Trinajstić information content (AvgIpc) is 3.05. The second kappa shape index (κ2) is 8.05. The number of ether oxygens (including phenoxy) is 2. The second-order valence-electron chi connectivity index (χ2n) is 7.28. The number of anilines is 2. The number of carbonyl (C=O) groups is 1. The first kappa shape index (κ1) is 21.7. The van der Waals surface area contributed by atoms with E-state index in [1.807, 2.05) is 22.6 Å². The van der Waals surface area contributed by atoms with Crippen molar-refractivity contribution in [1.29, 1.82) is 0 Å². The third-order valence-electron chi connectivity index (χ3n) is 3.97. The highest BCUT2D eigenvalue weighted by atomic mass is 127. The molecule has 30 heavy (non-hydrogen) atoms. The standard InChI is InChI=1S/C19H18FIN4O5/c1-19(2,3)30-18(26)24-14-8-15(29-4)17(25(27)28)16(11(14)9-22-24)23-13-6-5-10(21)7-12(13)20/h5-9,23H,1-4H3. The number of nitro benzene ring substituents is 1. The zero-order valence-electron chi connectivity index (χ0n) is 16.5. The number of methoxy groups -OCH3 is 1. The number of benzene rings is 2. The van der Waals surface area contributed by atoms with Crippen LogP contribution in [-0.2, 0) is 4.74 Å². The van der Waals surface area contributed by atoms with Gasteiger partial charge in [0.1, 0.15) is 17.1 Å². The van der Waals surface area contributed by atoms with Crippen LogP contribution >= 0.6 is 22.6 Å². The van der Waals surface area contributed by atoms with Gasteiger partial charge in [-0.05, 0) is 61.6 Å². The van der Waals surface area contributed by atoms with E-state index in [0.717, 1.165) is 4.68 Å². The third-order valence-corrected chi connectivity index (χ3v) is 4.64. The fourth-order valence-electron chi connectivity index (χ4n) is 2.77. The van der Waals surface area contributed by atoms with E-state index >= 15 is 0 Å². The van der Waals surface area contributed by atoms with Gasteiger partial charge >= 0.3 is 11.8 Å². The van der Waals surface area contributed by atoms with Crippen molar-refractivity contribution in [2.24, 2.45) is 0 Å². The molecule has 0 radical (unpaired) electrons.